The second-order valence-electron chi connectivity index (χ2n) is 5.79. The van der Waals surface area contributed by atoms with Crippen molar-refractivity contribution >= 4 is 43.1 Å². The van der Waals surface area contributed by atoms with Crippen LogP contribution in [0.25, 0.3) is 0 Å². The summed E-state index contributed by atoms with van der Waals surface area (Å²) in [7, 11) is -3.54. The van der Waals surface area contributed by atoms with Crippen molar-refractivity contribution in [3.63, 3.8) is 0 Å². The Labute approximate surface area is 143 Å². The van der Waals surface area contributed by atoms with E-state index >= 15 is 0 Å². The predicted molar refractivity (Wildman–Crippen MR) is 93.7 cm³/mol. The summed E-state index contributed by atoms with van der Waals surface area (Å²) in [6.45, 7) is 6.04. The lowest BCUT2D eigenvalue weighted by atomic mass is 10.1. The highest BCUT2D eigenvalue weighted by Crippen LogP contribution is 2.22. The number of aromatic nitrogens is 1. The third-order valence-corrected chi connectivity index (χ3v) is 5.93. The number of nitrogens with zero attached hydrogens (tertiary/aromatic N) is 1. The molecule has 8 heteroatoms. The molecule has 0 aliphatic rings. The molecule has 2 N–H and O–H groups in total. The average molecular weight is 404 g/mol. The maximum absolute atomic E-state index is 12.2. The Hall–Kier alpha value is -0.960. The van der Waals surface area contributed by atoms with Crippen molar-refractivity contribution in [3.8, 4) is 0 Å². The molecule has 2 rings (SSSR count). The van der Waals surface area contributed by atoms with E-state index in [-0.39, 0.29) is 4.90 Å². The number of thiophene rings is 1. The molecule has 0 spiro atoms. The summed E-state index contributed by atoms with van der Waals surface area (Å²) in [4.78, 5) is 5.49. The van der Waals surface area contributed by atoms with Gasteiger partial charge in [0.25, 0.3) is 0 Å². The minimum atomic E-state index is -3.54. The Bertz CT molecular complexity index is 734. The van der Waals surface area contributed by atoms with Gasteiger partial charge in [0, 0.05) is 16.6 Å². The third kappa shape index (κ3) is 5.05. The minimum Gasteiger partial charge on any atom is -0.365 e. The summed E-state index contributed by atoms with van der Waals surface area (Å²) in [5, 5.41) is 3.16. The molecule has 0 fully saturated rings. The molecule has 0 unspecified atom stereocenters. The van der Waals surface area contributed by atoms with E-state index in [1.165, 1.54) is 11.1 Å². The van der Waals surface area contributed by atoms with Gasteiger partial charge in [-0.1, -0.05) is 0 Å². The van der Waals surface area contributed by atoms with Gasteiger partial charge in [-0.25, -0.2) is 18.1 Å². The van der Waals surface area contributed by atoms with Gasteiger partial charge in [-0.05, 0) is 61.0 Å². The lowest BCUT2D eigenvalue weighted by molar-refractivity contribution is 0.491. The SMILES string of the molecule is CC(C)(C)NS(=O)(=O)c1ccc(NCc2ccc(Br)s2)nc1. The zero-order valence-electron chi connectivity index (χ0n) is 12.6. The standard InChI is InChI=1S/C14H18BrN3O2S2/c1-14(2,3)18-22(19,20)11-5-7-13(17-9-11)16-8-10-4-6-12(15)21-10/h4-7,9,18H,8H2,1-3H3,(H,16,17). The Kier molecular flexibility index (Phi) is 5.26. The van der Waals surface area contributed by atoms with Crippen LogP contribution in [-0.4, -0.2) is 18.9 Å². The van der Waals surface area contributed by atoms with E-state index in [0.717, 1.165) is 3.79 Å². The molecule has 2 aromatic heterocycles. The Morgan fingerprint density at radius 3 is 2.45 bits per heavy atom. The molecular weight excluding hydrogens is 386 g/mol. The molecule has 0 atom stereocenters. The highest BCUT2D eigenvalue weighted by atomic mass is 79.9. The molecule has 0 aliphatic carbocycles. The number of pyridine rings is 1. The summed E-state index contributed by atoms with van der Waals surface area (Å²) in [5.74, 6) is 0.638. The van der Waals surface area contributed by atoms with Crippen LogP contribution < -0.4 is 10.0 Å². The van der Waals surface area contributed by atoms with E-state index in [1.54, 1.807) is 44.2 Å². The molecule has 0 amide bonds. The van der Waals surface area contributed by atoms with E-state index in [9.17, 15) is 8.42 Å². The molecule has 0 aromatic carbocycles. The second-order valence-corrected chi connectivity index (χ2v) is 10.0. The smallest absolute Gasteiger partial charge is 0.242 e. The summed E-state index contributed by atoms with van der Waals surface area (Å²) < 4.78 is 28.0. The lowest BCUT2D eigenvalue weighted by Crippen LogP contribution is -2.40. The van der Waals surface area contributed by atoms with Gasteiger partial charge in [0.1, 0.15) is 10.7 Å². The van der Waals surface area contributed by atoms with Crippen molar-refractivity contribution in [3.05, 3.63) is 39.1 Å². The van der Waals surface area contributed by atoms with Crippen LogP contribution >= 0.6 is 27.3 Å². The molecule has 0 saturated heterocycles. The number of sulfonamides is 1. The fourth-order valence-electron chi connectivity index (χ4n) is 1.73. The van der Waals surface area contributed by atoms with Gasteiger partial charge < -0.3 is 5.32 Å². The van der Waals surface area contributed by atoms with Gasteiger partial charge in [-0.15, -0.1) is 11.3 Å². The molecule has 2 aromatic rings. The first kappa shape index (κ1) is 17.4. The summed E-state index contributed by atoms with van der Waals surface area (Å²) in [6.07, 6.45) is 1.36. The number of halogens is 1. The Balaban J connectivity index is 2.04. The van der Waals surface area contributed by atoms with Gasteiger partial charge in [0.15, 0.2) is 0 Å². The quantitative estimate of drug-likeness (QED) is 0.799. The van der Waals surface area contributed by atoms with Gasteiger partial charge >= 0.3 is 0 Å². The Morgan fingerprint density at radius 2 is 1.95 bits per heavy atom. The van der Waals surface area contributed by atoms with Crippen LogP contribution in [0.4, 0.5) is 5.82 Å². The number of hydrogen-bond acceptors (Lipinski definition) is 5. The van der Waals surface area contributed by atoms with Crippen LogP contribution in [0.3, 0.4) is 0 Å². The summed E-state index contributed by atoms with van der Waals surface area (Å²) >= 11 is 5.06. The van der Waals surface area contributed by atoms with Crippen LogP contribution in [0.15, 0.2) is 39.1 Å². The molecule has 0 aliphatic heterocycles. The highest BCUT2D eigenvalue weighted by Gasteiger charge is 2.22. The molecule has 0 bridgehead atoms. The van der Waals surface area contributed by atoms with Crippen molar-refractivity contribution in [1.82, 2.24) is 9.71 Å². The van der Waals surface area contributed by atoms with E-state index in [2.05, 4.69) is 31.0 Å². The van der Waals surface area contributed by atoms with Crippen LogP contribution in [0.5, 0.6) is 0 Å². The summed E-state index contributed by atoms with van der Waals surface area (Å²) in [6, 6.07) is 7.23. The molecule has 120 valence electrons. The molecule has 5 nitrogen and oxygen atoms in total. The largest absolute Gasteiger partial charge is 0.365 e. The van der Waals surface area contributed by atoms with E-state index in [4.69, 9.17) is 0 Å². The van der Waals surface area contributed by atoms with Gasteiger partial charge in [0.05, 0.1) is 10.3 Å². The minimum absolute atomic E-state index is 0.159. The fraction of sp³-hybridized carbons (Fsp3) is 0.357. The zero-order valence-corrected chi connectivity index (χ0v) is 15.8. The number of anilines is 1. The molecule has 0 saturated carbocycles. The molecule has 22 heavy (non-hydrogen) atoms. The maximum atomic E-state index is 12.2. The number of hydrogen-bond donors (Lipinski definition) is 2. The first-order valence-electron chi connectivity index (χ1n) is 6.64. The molecular formula is C14H18BrN3O2S2. The number of nitrogens with one attached hydrogen (secondary N) is 2. The number of rotatable bonds is 5. The van der Waals surface area contributed by atoms with E-state index < -0.39 is 15.6 Å². The highest BCUT2D eigenvalue weighted by molar-refractivity contribution is 9.11. The Morgan fingerprint density at radius 1 is 1.23 bits per heavy atom. The lowest BCUT2D eigenvalue weighted by Gasteiger charge is -2.20. The first-order chi connectivity index (χ1) is 10.2. The maximum Gasteiger partial charge on any atom is 0.242 e. The first-order valence-corrected chi connectivity index (χ1v) is 9.73. The molecule has 0 radical (unpaired) electrons. The van der Waals surface area contributed by atoms with Gasteiger partial charge in [-0.3, -0.25) is 0 Å². The van der Waals surface area contributed by atoms with Gasteiger partial charge in [0.2, 0.25) is 10.0 Å². The van der Waals surface area contributed by atoms with Crippen molar-refractivity contribution < 1.29 is 8.42 Å². The summed E-state index contributed by atoms with van der Waals surface area (Å²) in [5.41, 5.74) is -0.525. The van der Waals surface area contributed by atoms with E-state index in [1.807, 2.05) is 12.1 Å². The average Bonchev–Trinajstić information content (AvgIpc) is 2.80. The molecule has 2 heterocycles. The predicted octanol–water partition coefficient (Wildman–Crippen LogP) is 3.59. The van der Waals surface area contributed by atoms with Gasteiger partial charge in [-0.2, -0.15) is 0 Å². The van der Waals surface area contributed by atoms with Crippen molar-refractivity contribution in [2.45, 2.75) is 37.8 Å². The van der Waals surface area contributed by atoms with Crippen molar-refractivity contribution in [2.75, 3.05) is 5.32 Å². The third-order valence-electron chi connectivity index (χ3n) is 2.56. The van der Waals surface area contributed by atoms with Crippen LogP contribution in [0.2, 0.25) is 0 Å². The van der Waals surface area contributed by atoms with Crippen LogP contribution in [0, 0.1) is 0 Å². The zero-order chi connectivity index (χ0) is 16.4. The monoisotopic (exact) mass is 403 g/mol. The second kappa shape index (κ2) is 6.66. The van der Waals surface area contributed by atoms with Crippen molar-refractivity contribution in [1.29, 1.82) is 0 Å². The van der Waals surface area contributed by atoms with Crippen LogP contribution in [0.1, 0.15) is 25.6 Å². The topological polar surface area (TPSA) is 71.1 Å². The van der Waals surface area contributed by atoms with Crippen molar-refractivity contribution in [2.24, 2.45) is 0 Å². The normalized spacial score (nSPS) is 12.4. The van der Waals surface area contributed by atoms with E-state index in [0.29, 0.717) is 12.4 Å². The fourth-order valence-corrected chi connectivity index (χ4v) is 4.52. The van der Waals surface area contributed by atoms with Crippen LogP contribution in [-0.2, 0) is 16.6 Å².